The van der Waals surface area contributed by atoms with Crippen LogP contribution in [-0.2, 0) is 4.79 Å². The highest BCUT2D eigenvalue weighted by molar-refractivity contribution is 5.97. The van der Waals surface area contributed by atoms with Gasteiger partial charge in [-0.2, -0.15) is 0 Å². The van der Waals surface area contributed by atoms with Crippen molar-refractivity contribution >= 4 is 22.8 Å². The van der Waals surface area contributed by atoms with E-state index in [9.17, 15) is 9.59 Å². The third-order valence-corrected chi connectivity index (χ3v) is 3.26. The summed E-state index contributed by atoms with van der Waals surface area (Å²) in [7, 11) is 1.55. The van der Waals surface area contributed by atoms with Crippen molar-refractivity contribution in [2.75, 3.05) is 13.7 Å². The van der Waals surface area contributed by atoms with Gasteiger partial charge in [0.05, 0.1) is 13.2 Å². The van der Waals surface area contributed by atoms with Crippen molar-refractivity contribution in [1.29, 1.82) is 0 Å². The van der Waals surface area contributed by atoms with Gasteiger partial charge in [-0.05, 0) is 12.1 Å². The van der Waals surface area contributed by atoms with Crippen LogP contribution in [0, 0.1) is 0 Å². The molecule has 6 nitrogen and oxygen atoms in total. The van der Waals surface area contributed by atoms with Gasteiger partial charge in [-0.25, -0.2) is 0 Å². The molecular formula is C14H14N2O4. The molecule has 1 fully saturated rings. The van der Waals surface area contributed by atoms with E-state index in [2.05, 4.69) is 10.6 Å². The molecule has 1 aliphatic rings. The molecule has 0 bridgehead atoms. The van der Waals surface area contributed by atoms with Crippen molar-refractivity contribution in [3.8, 4) is 5.75 Å². The fraction of sp³-hybridized carbons (Fsp3) is 0.286. The Hall–Kier alpha value is -2.50. The largest absolute Gasteiger partial charge is 0.493 e. The van der Waals surface area contributed by atoms with Gasteiger partial charge in [0.2, 0.25) is 5.91 Å². The second-order valence-corrected chi connectivity index (χ2v) is 4.67. The topological polar surface area (TPSA) is 80.6 Å². The Morgan fingerprint density at radius 1 is 1.50 bits per heavy atom. The molecule has 2 heterocycles. The summed E-state index contributed by atoms with van der Waals surface area (Å²) in [5.41, 5.74) is 0.542. The van der Waals surface area contributed by atoms with E-state index in [1.165, 1.54) is 0 Å². The van der Waals surface area contributed by atoms with E-state index >= 15 is 0 Å². The van der Waals surface area contributed by atoms with Gasteiger partial charge in [0, 0.05) is 18.4 Å². The van der Waals surface area contributed by atoms with Crippen LogP contribution in [0.25, 0.3) is 11.0 Å². The van der Waals surface area contributed by atoms with Crippen molar-refractivity contribution in [3.05, 3.63) is 30.0 Å². The van der Waals surface area contributed by atoms with E-state index in [0.717, 1.165) is 5.39 Å². The Labute approximate surface area is 115 Å². The predicted octanol–water partition coefficient (Wildman–Crippen LogP) is 1.06. The summed E-state index contributed by atoms with van der Waals surface area (Å²) in [4.78, 5) is 23.2. The molecule has 2 amide bonds. The summed E-state index contributed by atoms with van der Waals surface area (Å²) in [6.45, 7) is 0.453. The lowest BCUT2D eigenvalue weighted by molar-refractivity contribution is -0.119. The van der Waals surface area contributed by atoms with Crippen molar-refractivity contribution in [2.45, 2.75) is 12.5 Å². The number of benzene rings is 1. The lowest BCUT2D eigenvalue weighted by Gasteiger charge is -2.08. The maximum absolute atomic E-state index is 12.1. The van der Waals surface area contributed by atoms with Gasteiger partial charge >= 0.3 is 0 Å². The number of hydrogen-bond donors (Lipinski definition) is 2. The fourth-order valence-electron chi connectivity index (χ4n) is 2.27. The van der Waals surface area contributed by atoms with Gasteiger partial charge in [-0.1, -0.05) is 12.1 Å². The lowest BCUT2D eigenvalue weighted by Crippen LogP contribution is -2.35. The van der Waals surface area contributed by atoms with E-state index in [-0.39, 0.29) is 23.6 Å². The zero-order chi connectivity index (χ0) is 14.1. The second-order valence-electron chi connectivity index (χ2n) is 4.67. The van der Waals surface area contributed by atoms with E-state index in [1.807, 2.05) is 12.1 Å². The van der Waals surface area contributed by atoms with E-state index < -0.39 is 0 Å². The average molecular weight is 274 g/mol. The normalized spacial score (nSPS) is 18.1. The summed E-state index contributed by atoms with van der Waals surface area (Å²) in [6.07, 6.45) is 0.301. The number of carbonyl (C=O) groups excluding carboxylic acids is 2. The Morgan fingerprint density at radius 3 is 3.05 bits per heavy atom. The quantitative estimate of drug-likeness (QED) is 0.877. The molecule has 2 aromatic rings. The molecule has 0 unspecified atom stereocenters. The zero-order valence-corrected chi connectivity index (χ0v) is 10.9. The van der Waals surface area contributed by atoms with Crippen LogP contribution in [0.15, 0.2) is 28.7 Å². The van der Waals surface area contributed by atoms with Crippen molar-refractivity contribution < 1.29 is 18.7 Å². The molecule has 2 N–H and O–H groups in total. The first-order valence-corrected chi connectivity index (χ1v) is 6.31. The second kappa shape index (κ2) is 4.88. The van der Waals surface area contributed by atoms with E-state index in [1.54, 1.807) is 19.2 Å². The highest BCUT2D eigenvalue weighted by Gasteiger charge is 2.24. The maximum atomic E-state index is 12.1. The molecule has 1 aromatic heterocycles. The van der Waals surface area contributed by atoms with Gasteiger partial charge in [0.25, 0.3) is 5.91 Å². The number of fused-ring (bicyclic) bond motifs is 1. The Bertz CT molecular complexity index is 677. The smallest absolute Gasteiger partial charge is 0.287 e. The van der Waals surface area contributed by atoms with Crippen molar-refractivity contribution in [2.24, 2.45) is 0 Å². The Morgan fingerprint density at radius 2 is 2.35 bits per heavy atom. The van der Waals surface area contributed by atoms with Crippen molar-refractivity contribution in [1.82, 2.24) is 10.6 Å². The number of amides is 2. The first kappa shape index (κ1) is 12.5. The maximum Gasteiger partial charge on any atom is 0.287 e. The minimum atomic E-state index is -0.329. The molecule has 20 heavy (non-hydrogen) atoms. The molecule has 6 heteroatoms. The van der Waals surface area contributed by atoms with Crippen LogP contribution in [0.3, 0.4) is 0 Å². The standard InChI is InChI=1S/C14H14N2O4/c1-19-10-4-2-3-8-5-11(20-13(8)10)14(18)16-9-6-12(17)15-7-9/h2-5,9H,6-7H2,1H3,(H,15,17)(H,16,18)/t9-/m0/s1. The predicted molar refractivity (Wildman–Crippen MR) is 71.6 cm³/mol. The molecule has 1 aliphatic heterocycles. The van der Waals surface area contributed by atoms with Crippen LogP contribution >= 0.6 is 0 Å². The first-order valence-electron chi connectivity index (χ1n) is 6.31. The number of hydrogen-bond acceptors (Lipinski definition) is 4. The summed E-state index contributed by atoms with van der Waals surface area (Å²) in [5, 5.41) is 6.24. The molecule has 0 aliphatic carbocycles. The van der Waals surface area contributed by atoms with Gasteiger partial charge in [0.1, 0.15) is 0 Å². The molecule has 1 atom stereocenters. The highest BCUT2D eigenvalue weighted by atomic mass is 16.5. The summed E-state index contributed by atoms with van der Waals surface area (Å²) in [5.74, 6) is 0.412. The number of ether oxygens (including phenoxy) is 1. The molecule has 0 radical (unpaired) electrons. The van der Waals surface area contributed by atoms with Gasteiger partial charge in [-0.3, -0.25) is 9.59 Å². The van der Waals surface area contributed by atoms with Crippen LogP contribution in [0.5, 0.6) is 5.75 Å². The van der Waals surface area contributed by atoms with E-state index in [0.29, 0.717) is 24.3 Å². The van der Waals surface area contributed by atoms with Crippen molar-refractivity contribution in [3.63, 3.8) is 0 Å². The Balaban J connectivity index is 1.83. The molecule has 1 aromatic carbocycles. The minimum Gasteiger partial charge on any atom is -0.493 e. The van der Waals surface area contributed by atoms with Gasteiger partial charge < -0.3 is 19.8 Å². The average Bonchev–Trinajstić information content (AvgIpc) is 3.04. The summed E-state index contributed by atoms with van der Waals surface area (Å²) < 4.78 is 10.7. The number of rotatable bonds is 3. The van der Waals surface area contributed by atoms with E-state index in [4.69, 9.17) is 9.15 Å². The number of carbonyl (C=O) groups is 2. The van der Waals surface area contributed by atoms with Crippen LogP contribution in [0.1, 0.15) is 17.0 Å². The number of furan rings is 1. The molecule has 0 spiro atoms. The van der Waals surface area contributed by atoms with Crippen LogP contribution < -0.4 is 15.4 Å². The first-order chi connectivity index (χ1) is 9.67. The number of nitrogens with one attached hydrogen (secondary N) is 2. The molecule has 3 rings (SSSR count). The highest BCUT2D eigenvalue weighted by Crippen LogP contribution is 2.28. The third kappa shape index (κ3) is 2.20. The van der Waals surface area contributed by atoms with Gasteiger partial charge in [-0.15, -0.1) is 0 Å². The van der Waals surface area contributed by atoms with Crippen LogP contribution in [-0.4, -0.2) is 31.5 Å². The lowest BCUT2D eigenvalue weighted by atomic mass is 10.2. The Kier molecular flexibility index (Phi) is 3.06. The SMILES string of the molecule is COc1cccc2cc(C(=O)N[C@@H]3CNC(=O)C3)oc12. The van der Waals surface area contributed by atoms with Gasteiger partial charge in [0.15, 0.2) is 17.1 Å². The molecule has 1 saturated heterocycles. The molecule has 0 saturated carbocycles. The number of methoxy groups -OCH3 is 1. The zero-order valence-electron chi connectivity index (χ0n) is 10.9. The molecular weight excluding hydrogens is 260 g/mol. The monoisotopic (exact) mass is 274 g/mol. The number of para-hydroxylation sites is 1. The third-order valence-electron chi connectivity index (χ3n) is 3.26. The summed E-state index contributed by atoms with van der Waals surface area (Å²) >= 11 is 0. The van der Waals surface area contributed by atoms with Crippen LogP contribution in [0.4, 0.5) is 0 Å². The van der Waals surface area contributed by atoms with Crippen LogP contribution in [0.2, 0.25) is 0 Å². The molecule has 104 valence electrons. The summed E-state index contributed by atoms with van der Waals surface area (Å²) in [6, 6.07) is 6.92. The fourth-order valence-corrected chi connectivity index (χ4v) is 2.27. The minimum absolute atomic E-state index is 0.0541.